The first-order valence-electron chi connectivity index (χ1n) is 7.80. The van der Waals surface area contributed by atoms with E-state index in [1.165, 1.54) is 0 Å². The maximum absolute atomic E-state index is 12.1. The van der Waals surface area contributed by atoms with Crippen LogP contribution in [0.4, 0.5) is 0 Å². The number of hydrogen-bond donors (Lipinski definition) is 1. The molecule has 1 saturated carbocycles. The number of pyridine rings is 1. The minimum Gasteiger partial charge on any atom is -0.487 e. The van der Waals surface area contributed by atoms with Gasteiger partial charge in [-0.25, -0.2) is 0 Å². The third-order valence-electron chi connectivity index (χ3n) is 3.60. The Hall–Kier alpha value is -3.13. The van der Waals surface area contributed by atoms with Crippen LogP contribution in [0.25, 0.3) is 6.08 Å². The average molecular weight is 319 g/mol. The van der Waals surface area contributed by atoms with Crippen LogP contribution in [-0.4, -0.2) is 16.9 Å². The quantitative estimate of drug-likeness (QED) is 0.656. The van der Waals surface area contributed by atoms with Crippen molar-refractivity contribution in [3.8, 4) is 11.8 Å². The van der Waals surface area contributed by atoms with E-state index in [2.05, 4.69) is 10.3 Å². The van der Waals surface area contributed by atoms with Crippen LogP contribution < -0.4 is 10.1 Å². The number of hydrogen-bond acceptors (Lipinski definition) is 4. The monoisotopic (exact) mass is 319 g/mol. The van der Waals surface area contributed by atoms with Crippen molar-refractivity contribution >= 4 is 12.0 Å². The molecule has 0 spiro atoms. The Morgan fingerprint density at radius 2 is 2.08 bits per heavy atom. The van der Waals surface area contributed by atoms with E-state index in [4.69, 9.17) is 4.74 Å². The van der Waals surface area contributed by atoms with E-state index in [9.17, 15) is 10.1 Å². The number of carbonyl (C=O) groups is 1. The maximum atomic E-state index is 12.1. The average Bonchev–Trinajstić information content (AvgIpc) is 3.43. The van der Waals surface area contributed by atoms with E-state index >= 15 is 0 Å². The summed E-state index contributed by atoms with van der Waals surface area (Å²) < 4.78 is 5.79. The lowest BCUT2D eigenvalue weighted by Crippen LogP contribution is -2.26. The zero-order chi connectivity index (χ0) is 16.8. The molecule has 0 aliphatic heterocycles. The zero-order valence-electron chi connectivity index (χ0n) is 13.1. The smallest absolute Gasteiger partial charge is 0.262 e. The van der Waals surface area contributed by atoms with E-state index in [-0.39, 0.29) is 17.5 Å². The molecular weight excluding hydrogens is 302 g/mol. The Balaban J connectivity index is 1.76. The second-order valence-electron chi connectivity index (χ2n) is 5.57. The van der Waals surface area contributed by atoms with Crippen molar-refractivity contribution in [2.24, 2.45) is 0 Å². The highest BCUT2D eigenvalue weighted by atomic mass is 16.5. The Bertz CT molecular complexity index is 790. The summed E-state index contributed by atoms with van der Waals surface area (Å²) in [5.74, 6) is 0.273. The second kappa shape index (κ2) is 7.42. The molecule has 0 saturated heterocycles. The van der Waals surface area contributed by atoms with E-state index in [1.807, 2.05) is 48.5 Å². The van der Waals surface area contributed by atoms with Crippen molar-refractivity contribution in [1.82, 2.24) is 10.3 Å². The number of benzene rings is 1. The van der Waals surface area contributed by atoms with Crippen LogP contribution in [0.2, 0.25) is 0 Å². The fourth-order valence-electron chi connectivity index (χ4n) is 2.16. The second-order valence-corrected chi connectivity index (χ2v) is 5.57. The van der Waals surface area contributed by atoms with E-state index in [0.29, 0.717) is 17.9 Å². The molecular formula is C19H17N3O2. The summed E-state index contributed by atoms with van der Waals surface area (Å²) in [7, 11) is 0. The molecule has 5 nitrogen and oxygen atoms in total. The van der Waals surface area contributed by atoms with Gasteiger partial charge in [0.2, 0.25) is 0 Å². The van der Waals surface area contributed by atoms with Gasteiger partial charge in [0.15, 0.2) is 0 Å². The summed E-state index contributed by atoms with van der Waals surface area (Å²) in [6.45, 7) is 0.321. The van der Waals surface area contributed by atoms with Crippen LogP contribution in [0.3, 0.4) is 0 Å². The highest BCUT2D eigenvalue weighted by molar-refractivity contribution is 6.02. The molecule has 1 aromatic carbocycles. The van der Waals surface area contributed by atoms with E-state index in [1.54, 1.807) is 12.3 Å². The first-order valence-corrected chi connectivity index (χ1v) is 7.80. The van der Waals surface area contributed by atoms with Crippen LogP contribution in [-0.2, 0) is 11.4 Å². The fourth-order valence-corrected chi connectivity index (χ4v) is 2.16. The summed E-state index contributed by atoms with van der Waals surface area (Å²) in [5.41, 5.74) is 1.58. The van der Waals surface area contributed by atoms with E-state index < -0.39 is 0 Å². The topological polar surface area (TPSA) is 75.0 Å². The molecule has 120 valence electrons. The molecule has 0 atom stereocenters. The third-order valence-corrected chi connectivity index (χ3v) is 3.60. The van der Waals surface area contributed by atoms with Gasteiger partial charge in [-0.15, -0.1) is 0 Å². The van der Waals surface area contributed by atoms with Crippen LogP contribution in [0, 0.1) is 11.3 Å². The Labute approximate surface area is 140 Å². The highest BCUT2D eigenvalue weighted by Gasteiger charge is 2.24. The van der Waals surface area contributed by atoms with Gasteiger partial charge in [0.05, 0.1) is 5.69 Å². The number of nitriles is 1. The van der Waals surface area contributed by atoms with Crippen LogP contribution >= 0.6 is 0 Å². The molecule has 0 radical (unpaired) electrons. The molecule has 1 N–H and O–H groups in total. The molecule has 1 heterocycles. The predicted molar refractivity (Wildman–Crippen MR) is 89.8 cm³/mol. The summed E-state index contributed by atoms with van der Waals surface area (Å²) in [5, 5.41) is 12.1. The maximum Gasteiger partial charge on any atom is 0.262 e. The van der Waals surface area contributed by atoms with Crippen molar-refractivity contribution in [3.05, 3.63) is 65.5 Å². The van der Waals surface area contributed by atoms with Crippen LogP contribution in [0.15, 0.2) is 54.2 Å². The van der Waals surface area contributed by atoms with Gasteiger partial charge in [0.1, 0.15) is 24.0 Å². The number of aromatic nitrogens is 1. The number of carbonyl (C=O) groups excluding carboxylic acids is 1. The molecule has 0 bridgehead atoms. The number of nitrogens with zero attached hydrogens (tertiary/aromatic N) is 2. The van der Waals surface area contributed by atoms with Gasteiger partial charge in [0, 0.05) is 17.8 Å². The van der Waals surface area contributed by atoms with Crippen molar-refractivity contribution < 1.29 is 9.53 Å². The number of rotatable bonds is 6. The lowest BCUT2D eigenvalue weighted by molar-refractivity contribution is -0.117. The van der Waals surface area contributed by atoms with Gasteiger partial charge >= 0.3 is 0 Å². The first kappa shape index (κ1) is 15.8. The Morgan fingerprint density at radius 1 is 1.29 bits per heavy atom. The molecule has 3 rings (SSSR count). The van der Waals surface area contributed by atoms with Gasteiger partial charge in [-0.2, -0.15) is 5.26 Å². The Morgan fingerprint density at radius 3 is 2.79 bits per heavy atom. The van der Waals surface area contributed by atoms with Gasteiger partial charge in [-0.1, -0.05) is 24.3 Å². The van der Waals surface area contributed by atoms with Gasteiger partial charge < -0.3 is 10.1 Å². The predicted octanol–water partition coefficient (Wildman–Crippen LogP) is 2.85. The standard InChI is InChI=1S/C19H17N3O2/c20-12-15(19(23)22-16-8-9-16)11-14-5-1-2-7-18(14)24-13-17-6-3-4-10-21-17/h1-7,10-11,16H,8-9,13H2,(H,22,23)/b15-11+. The zero-order valence-corrected chi connectivity index (χ0v) is 13.1. The molecule has 5 heteroatoms. The van der Waals surface area contributed by atoms with Crippen LogP contribution in [0.1, 0.15) is 24.1 Å². The molecule has 0 unspecified atom stereocenters. The minimum absolute atomic E-state index is 0.0794. The molecule has 2 aromatic rings. The lowest BCUT2D eigenvalue weighted by Gasteiger charge is -2.09. The number of amides is 1. The highest BCUT2D eigenvalue weighted by Crippen LogP contribution is 2.23. The molecule has 1 aliphatic carbocycles. The Kier molecular flexibility index (Phi) is 4.87. The summed E-state index contributed by atoms with van der Waals surface area (Å²) in [4.78, 5) is 16.3. The van der Waals surface area contributed by atoms with E-state index in [0.717, 1.165) is 18.5 Å². The number of nitrogens with one attached hydrogen (secondary N) is 1. The molecule has 1 aromatic heterocycles. The van der Waals surface area contributed by atoms with Crippen molar-refractivity contribution in [2.75, 3.05) is 0 Å². The van der Waals surface area contributed by atoms with Gasteiger partial charge in [-0.3, -0.25) is 9.78 Å². The largest absolute Gasteiger partial charge is 0.487 e. The summed E-state index contributed by atoms with van der Waals surface area (Å²) in [6, 6.07) is 15.1. The van der Waals surface area contributed by atoms with Crippen LogP contribution in [0.5, 0.6) is 5.75 Å². The van der Waals surface area contributed by atoms with Crippen molar-refractivity contribution in [1.29, 1.82) is 5.26 Å². The number of para-hydroxylation sites is 1. The SMILES string of the molecule is N#C/C(=C\c1ccccc1OCc1ccccn1)C(=O)NC1CC1. The molecule has 1 amide bonds. The van der Waals surface area contributed by atoms with Crippen molar-refractivity contribution in [2.45, 2.75) is 25.5 Å². The third kappa shape index (κ3) is 4.20. The first-order chi connectivity index (χ1) is 11.8. The minimum atomic E-state index is -0.334. The molecule has 1 aliphatic rings. The normalized spacial score (nSPS) is 13.9. The lowest BCUT2D eigenvalue weighted by atomic mass is 10.1. The summed E-state index contributed by atoms with van der Waals surface area (Å²) >= 11 is 0. The molecule has 1 fully saturated rings. The fraction of sp³-hybridized carbons (Fsp3) is 0.211. The number of ether oxygens (including phenoxy) is 1. The van der Waals surface area contributed by atoms with Gasteiger partial charge in [-0.05, 0) is 37.1 Å². The molecule has 24 heavy (non-hydrogen) atoms. The summed E-state index contributed by atoms with van der Waals surface area (Å²) in [6.07, 6.45) is 5.23. The van der Waals surface area contributed by atoms with Gasteiger partial charge in [0.25, 0.3) is 5.91 Å². The van der Waals surface area contributed by atoms with Crippen molar-refractivity contribution in [3.63, 3.8) is 0 Å².